The molecule has 284 valence electrons. The van der Waals surface area contributed by atoms with Crippen molar-refractivity contribution in [1.82, 2.24) is 15.1 Å². The van der Waals surface area contributed by atoms with Crippen molar-refractivity contribution in [3.63, 3.8) is 0 Å². The molecule has 3 fully saturated rings. The number of amides is 3. The fourth-order valence-electron chi connectivity index (χ4n) is 9.42. The SMILES string of the molecule is O=C1CC[C@H](N2Cc3cc(N4CCN(CC5CCN(c6ccc([C@@H]7c8ccc(O)cc8OCC7c7ccccc7)cc6)CC5)CC4)c(F)cc3C2=O)C(=O)N1. The van der Waals surface area contributed by atoms with Crippen LogP contribution in [0.25, 0.3) is 0 Å². The van der Waals surface area contributed by atoms with Gasteiger partial charge in [0, 0.05) is 93.5 Å². The first-order valence-electron chi connectivity index (χ1n) is 19.6. The summed E-state index contributed by atoms with van der Waals surface area (Å²) in [5, 5.41) is 12.5. The second kappa shape index (κ2) is 14.7. The third-order valence-corrected chi connectivity index (χ3v) is 12.4. The largest absolute Gasteiger partial charge is 0.508 e. The van der Waals surface area contributed by atoms with E-state index in [-0.39, 0.29) is 48.8 Å². The van der Waals surface area contributed by atoms with Crippen molar-refractivity contribution in [3.05, 3.63) is 119 Å². The zero-order chi connectivity index (χ0) is 37.6. The van der Waals surface area contributed by atoms with Crippen molar-refractivity contribution >= 4 is 29.1 Å². The average Bonchev–Trinajstić information content (AvgIpc) is 3.52. The van der Waals surface area contributed by atoms with Crippen LogP contribution >= 0.6 is 0 Å². The number of ether oxygens (including phenoxy) is 1. The molecular weight excluding hydrogens is 698 g/mol. The van der Waals surface area contributed by atoms with E-state index in [2.05, 4.69) is 68.5 Å². The number of carbonyl (C=O) groups excluding carboxylic acids is 3. The summed E-state index contributed by atoms with van der Waals surface area (Å²) >= 11 is 0. The number of rotatable bonds is 7. The van der Waals surface area contributed by atoms with Gasteiger partial charge in [0.05, 0.1) is 12.3 Å². The Morgan fingerprint density at radius 2 is 1.56 bits per heavy atom. The zero-order valence-electron chi connectivity index (χ0n) is 30.8. The van der Waals surface area contributed by atoms with Crippen LogP contribution in [0.5, 0.6) is 11.5 Å². The first-order chi connectivity index (χ1) is 26.8. The summed E-state index contributed by atoms with van der Waals surface area (Å²) in [6.45, 7) is 6.93. The summed E-state index contributed by atoms with van der Waals surface area (Å²) in [6, 6.07) is 27.4. The lowest BCUT2D eigenvalue weighted by molar-refractivity contribution is -0.136. The molecule has 11 heteroatoms. The van der Waals surface area contributed by atoms with Crippen LogP contribution in [0.4, 0.5) is 15.8 Å². The maximum Gasteiger partial charge on any atom is 0.255 e. The van der Waals surface area contributed by atoms with Crippen molar-refractivity contribution in [2.45, 2.75) is 50.1 Å². The molecule has 5 aliphatic heterocycles. The van der Waals surface area contributed by atoms with E-state index < -0.39 is 17.8 Å². The van der Waals surface area contributed by atoms with Crippen LogP contribution in [-0.2, 0) is 16.1 Å². The lowest BCUT2D eigenvalue weighted by atomic mass is 9.76. The molecule has 0 radical (unpaired) electrons. The van der Waals surface area contributed by atoms with Gasteiger partial charge in [-0.3, -0.25) is 24.6 Å². The van der Waals surface area contributed by atoms with E-state index in [0.29, 0.717) is 36.9 Å². The maximum absolute atomic E-state index is 15.5. The molecular formula is C44H46FN5O5. The van der Waals surface area contributed by atoms with Crippen molar-refractivity contribution in [1.29, 1.82) is 0 Å². The molecule has 3 saturated heterocycles. The van der Waals surface area contributed by atoms with Gasteiger partial charge in [0.1, 0.15) is 23.4 Å². The molecule has 9 rings (SSSR count). The van der Waals surface area contributed by atoms with Gasteiger partial charge in [-0.25, -0.2) is 4.39 Å². The third-order valence-electron chi connectivity index (χ3n) is 12.4. The Bertz CT molecular complexity index is 2100. The molecule has 0 aliphatic carbocycles. The smallest absolute Gasteiger partial charge is 0.255 e. The molecule has 2 N–H and O–H groups in total. The minimum atomic E-state index is -0.716. The van der Waals surface area contributed by atoms with Gasteiger partial charge in [0.2, 0.25) is 11.8 Å². The molecule has 0 spiro atoms. The normalized spacial score (nSPS) is 23.3. The van der Waals surface area contributed by atoms with E-state index in [0.717, 1.165) is 62.4 Å². The lowest BCUT2D eigenvalue weighted by Gasteiger charge is -2.40. The summed E-state index contributed by atoms with van der Waals surface area (Å²) in [4.78, 5) is 45.7. The number of aromatic hydroxyl groups is 1. The first-order valence-corrected chi connectivity index (χ1v) is 19.6. The molecule has 1 unspecified atom stereocenters. The monoisotopic (exact) mass is 743 g/mol. The second-order valence-corrected chi connectivity index (χ2v) is 15.7. The molecule has 4 aromatic rings. The number of hydrogen-bond acceptors (Lipinski definition) is 8. The highest BCUT2D eigenvalue weighted by Crippen LogP contribution is 2.47. The van der Waals surface area contributed by atoms with Crippen LogP contribution < -0.4 is 19.9 Å². The van der Waals surface area contributed by atoms with Gasteiger partial charge in [0.25, 0.3) is 5.91 Å². The fraction of sp³-hybridized carbons (Fsp3) is 0.386. The van der Waals surface area contributed by atoms with E-state index in [1.807, 2.05) is 12.1 Å². The van der Waals surface area contributed by atoms with Gasteiger partial charge in [-0.05, 0) is 72.2 Å². The summed E-state index contributed by atoms with van der Waals surface area (Å²) in [7, 11) is 0. The molecule has 3 atom stereocenters. The highest BCUT2D eigenvalue weighted by molar-refractivity contribution is 6.05. The molecule has 3 amide bonds. The van der Waals surface area contributed by atoms with Crippen molar-refractivity contribution < 1.29 is 28.6 Å². The number of imide groups is 1. The number of carbonyl (C=O) groups is 3. The number of piperidine rings is 2. The summed E-state index contributed by atoms with van der Waals surface area (Å²) in [5.41, 5.74) is 6.35. The van der Waals surface area contributed by atoms with E-state index in [1.54, 1.807) is 18.2 Å². The summed E-state index contributed by atoms with van der Waals surface area (Å²) in [6.07, 6.45) is 2.70. The molecule has 10 nitrogen and oxygen atoms in total. The van der Waals surface area contributed by atoms with Crippen LogP contribution in [0, 0.1) is 11.7 Å². The zero-order valence-corrected chi connectivity index (χ0v) is 30.8. The number of phenolic OH excluding ortho intramolecular Hbond substituents is 1. The number of piperazine rings is 1. The Kier molecular flexibility index (Phi) is 9.41. The molecule has 5 aliphatic rings. The predicted octanol–water partition coefficient (Wildman–Crippen LogP) is 5.64. The van der Waals surface area contributed by atoms with Gasteiger partial charge >= 0.3 is 0 Å². The van der Waals surface area contributed by atoms with Gasteiger partial charge < -0.3 is 24.5 Å². The van der Waals surface area contributed by atoms with Crippen LogP contribution in [0.15, 0.2) is 84.9 Å². The first kappa shape index (κ1) is 35.3. The van der Waals surface area contributed by atoms with Crippen LogP contribution in [0.2, 0.25) is 0 Å². The third kappa shape index (κ3) is 6.90. The fourth-order valence-corrected chi connectivity index (χ4v) is 9.42. The van der Waals surface area contributed by atoms with E-state index >= 15 is 4.39 Å². The number of nitrogens with one attached hydrogen (secondary N) is 1. The van der Waals surface area contributed by atoms with Gasteiger partial charge in [-0.15, -0.1) is 0 Å². The number of hydrogen-bond donors (Lipinski definition) is 2. The summed E-state index contributed by atoms with van der Waals surface area (Å²) < 4.78 is 21.6. The number of halogens is 1. The lowest BCUT2D eigenvalue weighted by Crippen LogP contribution is -2.52. The van der Waals surface area contributed by atoms with Crippen LogP contribution in [-0.4, -0.2) is 91.1 Å². The molecule has 0 bridgehead atoms. The number of anilines is 2. The number of fused-ring (bicyclic) bond motifs is 2. The average molecular weight is 744 g/mol. The van der Waals surface area contributed by atoms with E-state index in [4.69, 9.17) is 4.74 Å². The Hall–Kier alpha value is -5.42. The quantitative estimate of drug-likeness (QED) is 0.235. The highest BCUT2D eigenvalue weighted by Gasteiger charge is 2.40. The molecule has 0 saturated carbocycles. The standard InChI is InChI=1S/C44H46FN5O5/c45-37-24-35-31(26-50(44(35)54)38-12-13-41(52)46-43(38)53)22-39(37)49-20-18-47(19-21-49)25-28-14-16-48(17-15-28)32-8-6-30(7-9-32)42-34-11-10-33(51)23-40(34)55-27-36(42)29-4-2-1-3-5-29/h1-11,22-24,28,36,38,42,51H,12-21,25-27H2,(H,46,52,53)/t36?,38-,42+/m0/s1. The van der Waals surface area contributed by atoms with Gasteiger partial charge in [-0.1, -0.05) is 48.5 Å². The Labute approximate surface area is 320 Å². The number of benzene rings is 4. The van der Waals surface area contributed by atoms with E-state index in [9.17, 15) is 19.5 Å². The second-order valence-electron chi connectivity index (χ2n) is 15.7. The van der Waals surface area contributed by atoms with E-state index in [1.165, 1.54) is 27.8 Å². The highest BCUT2D eigenvalue weighted by atomic mass is 19.1. The van der Waals surface area contributed by atoms with Gasteiger partial charge in [0.15, 0.2) is 0 Å². The molecule has 55 heavy (non-hydrogen) atoms. The molecule has 0 aromatic heterocycles. The number of phenols is 1. The van der Waals surface area contributed by atoms with Crippen molar-refractivity contribution in [2.24, 2.45) is 5.92 Å². The van der Waals surface area contributed by atoms with Crippen molar-refractivity contribution in [2.75, 3.05) is 62.2 Å². The van der Waals surface area contributed by atoms with Gasteiger partial charge in [-0.2, -0.15) is 0 Å². The van der Waals surface area contributed by atoms with Crippen LogP contribution in [0.1, 0.15) is 70.1 Å². The topological polar surface area (TPSA) is 106 Å². The Morgan fingerprint density at radius 1 is 0.800 bits per heavy atom. The minimum absolute atomic E-state index is 0.116. The predicted molar refractivity (Wildman–Crippen MR) is 207 cm³/mol. The van der Waals surface area contributed by atoms with Crippen molar-refractivity contribution in [3.8, 4) is 11.5 Å². The Morgan fingerprint density at radius 3 is 2.31 bits per heavy atom. The minimum Gasteiger partial charge on any atom is -0.508 e. The van der Waals surface area contributed by atoms with Crippen LogP contribution in [0.3, 0.4) is 0 Å². The molecule has 5 heterocycles. The number of nitrogens with zero attached hydrogens (tertiary/aromatic N) is 4. The molecule has 4 aromatic carbocycles. The maximum atomic E-state index is 15.5. The summed E-state index contributed by atoms with van der Waals surface area (Å²) in [5.74, 6) is 0.274. The Balaban J connectivity index is 0.790.